The summed E-state index contributed by atoms with van der Waals surface area (Å²) in [5, 5.41) is 0. The Morgan fingerprint density at radius 2 is 1.14 bits per heavy atom. The van der Waals surface area contributed by atoms with Gasteiger partial charge in [-0.1, -0.05) is 0 Å². The van der Waals surface area contributed by atoms with Crippen molar-refractivity contribution < 1.29 is 34.0 Å². The van der Waals surface area contributed by atoms with Gasteiger partial charge in [-0.3, -0.25) is 9.11 Å². The molecule has 4 nitrogen and oxygen atoms in total. The van der Waals surface area contributed by atoms with Crippen LogP contribution in [0.2, 0.25) is 0 Å². The minimum absolute atomic E-state index is 0. The first kappa shape index (κ1) is 15.7. The summed E-state index contributed by atoms with van der Waals surface area (Å²) in [6.45, 7) is 0. The first-order valence-electron chi connectivity index (χ1n) is 0.698. The summed E-state index contributed by atoms with van der Waals surface area (Å²) in [4.78, 5) is 0. The van der Waals surface area contributed by atoms with E-state index in [1.807, 2.05) is 0 Å². The van der Waals surface area contributed by atoms with E-state index in [0.717, 1.165) is 0 Å². The topological polar surface area (TPSA) is 74.6 Å². The molecule has 2 N–H and O–H groups in total. The molecule has 0 bridgehead atoms. The molecule has 0 radical (unpaired) electrons. The molecule has 0 aliphatic carbocycles. The van der Waals surface area contributed by atoms with Crippen LogP contribution in [-0.2, 0) is 26.9 Å². The summed E-state index contributed by atoms with van der Waals surface area (Å²) in [5.41, 5.74) is 0. The van der Waals surface area contributed by atoms with Gasteiger partial charge >= 0.3 is 10.4 Å². The summed E-state index contributed by atoms with van der Waals surface area (Å²) >= 11 is 0. The van der Waals surface area contributed by atoms with E-state index in [0.29, 0.717) is 0 Å². The Morgan fingerprint density at radius 1 is 1.14 bits per heavy atom. The molecule has 0 aliphatic rings. The van der Waals surface area contributed by atoms with Gasteiger partial charge < -0.3 is 0 Å². The molecule has 0 fully saturated rings. The van der Waals surface area contributed by atoms with Crippen LogP contribution in [0.15, 0.2) is 0 Å². The van der Waals surface area contributed by atoms with Crippen LogP contribution in [0.4, 0.5) is 0 Å². The minimum Gasteiger partial charge on any atom is -0.264 e. The van der Waals surface area contributed by atoms with Gasteiger partial charge in [0.25, 0.3) is 0 Å². The van der Waals surface area contributed by atoms with Crippen LogP contribution in [0.25, 0.3) is 0 Å². The average molecular weight is 187 g/mol. The van der Waals surface area contributed by atoms with Gasteiger partial charge in [-0.15, -0.1) is 0 Å². The largest absolute Gasteiger partial charge is 0.394 e. The maximum absolute atomic E-state index is 8.74. The molecule has 0 saturated heterocycles. The van der Waals surface area contributed by atoms with Gasteiger partial charge in [0.1, 0.15) is 0 Å². The summed E-state index contributed by atoms with van der Waals surface area (Å²) in [6.07, 6.45) is 0. The second kappa shape index (κ2) is 5.04. The zero-order valence-corrected chi connectivity index (χ0v) is 4.24. The maximum Gasteiger partial charge on any atom is 0.394 e. The van der Waals surface area contributed by atoms with Gasteiger partial charge in [-0.25, -0.2) is 0 Å². The molecule has 0 amide bonds. The number of hydrogen-bond acceptors (Lipinski definition) is 2. The predicted molar refractivity (Wildman–Crippen MR) is 24.1 cm³/mol. The van der Waals surface area contributed by atoms with E-state index in [2.05, 4.69) is 0 Å². The molecule has 0 aromatic carbocycles. The maximum atomic E-state index is 8.74. The molecular formula is H5AlNiO4S. The van der Waals surface area contributed by atoms with Gasteiger partial charge in [0.05, 0.1) is 0 Å². The summed E-state index contributed by atoms with van der Waals surface area (Å²) in [7, 11) is -4.67. The molecule has 48 valence electrons. The molecule has 0 unspecified atom stereocenters. The monoisotopic (exact) mass is 186 g/mol. The molecule has 0 rings (SSSR count). The van der Waals surface area contributed by atoms with Gasteiger partial charge in [0, 0.05) is 16.5 Å². The standard InChI is InChI=1S/Al.Ni.H2O4S.3H/c;;1-5(2,3)4;;;/h;;(H2,1,2,3,4);;;. The smallest absolute Gasteiger partial charge is 0.264 e. The number of hydrogen-bond donors (Lipinski definition) is 2. The van der Waals surface area contributed by atoms with E-state index in [9.17, 15) is 0 Å². The van der Waals surface area contributed by atoms with E-state index < -0.39 is 10.4 Å². The third-order valence-electron chi connectivity index (χ3n) is 0. The molecule has 0 aromatic rings. The van der Waals surface area contributed by atoms with E-state index >= 15 is 0 Å². The Kier molecular flexibility index (Phi) is 11.3. The van der Waals surface area contributed by atoms with E-state index in [1.54, 1.807) is 0 Å². The van der Waals surface area contributed by atoms with E-state index in [1.165, 1.54) is 0 Å². The van der Waals surface area contributed by atoms with Crippen LogP contribution in [0.3, 0.4) is 0 Å². The third-order valence-corrected chi connectivity index (χ3v) is 0. The first-order valence-corrected chi connectivity index (χ1v) is 2.10. The SMILES string of the molecule is O=S(=O)(O)O.[AlH3].[Ni]. The molecule has 0 aromatic heterocycles. The van der Waals surface area contributed by atoms with Crippen molar-refractivity contribution in [3.05, 3.63) is 0 Å². The second-order valence-electron chi connectivity index (χ2n) is 0.448. The van der Waals surface area contributed by atoms with Crippen LogP contribution in [0.5, 0.6) is 0 Å². The first-order chi connectivity index (χ1) is 2.00. The second-order valence-corrected chi connectivity index (χ2v) is 1.34. The van der Waals surface area contributed by atoms with Gasteiger partial charge in [-0.05, 0) is 0 Å². The normalized spacial score (nSPS) is 8.29. The van der Waals surface area contributed by atoms with Crippen LogP contribution >= 0.6 is 0 Å². The third kappa shape index (κ3) is 206. The van der Waals surface area contributed by atoms with Gasteiger partial charge in [-0.2, -0.15) is 8.42 Å². The molecular weight excluding hydrogens is 182 g/mol. The predicted octanol–water partition coefficient (Wildman–Crippen LogP) is -1.84. The molecule has 0 atom stereocenters. The fourth-order valence-electron chi connectivity index (χ4n) is 0. The van der Waals surface area contributed by atoms with Crippen LogP contribution in [0.1, 0.15) is 0 Å². The Labute approximate surface area is 61.9 Å². The Bertz CT molecular complexity index is 94.9. The summed E-state index contributed by atoms with van der Waals surface area (Å²) in [6, 6.07) is 0. The van der Waals surface area contributed by atoms with Crippen molar-refractivity contribution in [2.45, 2.75) is 0 Å². The number of rotatable bonds is 0. The molecule has 0 saturated carbocycles. The average Bonchev–Trinajstić information content (AvgIpc) is 0.722. The van der Waals surface area contributed by atoms with Crippen LogP contribution < -0.4 is 0 Å². The molecule has 7 heteroatoms. The summed E-state index contributed by atoms with van der Waals surface area (Å²) in [5.74, 6) is 0. The fraction of sp³-hybridized carbons (Fsp3) is 0. The van der Waals surface area contributed by atoms with Crippen molar-refractivity contribution in [1.29, 1.82) is 0 Å². The van der Waals surface area contributed by atoms with Crippen molar-refractivity contribution >= 4 is 27.8 Å². The van der Waals surface area contributed by atoms with Gasteiger partial charge in [0.15, 0.2) is 17.4 Å². The molecule has 0 spiro atoms. The Morgan fingerprint density at radius 3 is 1.14 bits per heavy atom. The zero-order valence-electron chi connectivity index (χ0n) is 2.44. The molecule has 0 aliphatic heterocycles. The Balaban J connectivity index is -0.0000000800. The van der Waals surface area contributed by atoms with Gasteiger partial charge in [0.2, 0.25) is 0 Å². The van der Waals surface area contributed by atoms with Crippen molar-refractivity contribution in [3.8, 4) is 0 Å². The van der Waals surface area contributed by atoms with Crippen LogP contribution in [0, 0.1) is 0 Å². The Hall–Kier alpha value is 0.896. The quantitative estimate of drug-likeness (QED) is 0.345. The summed E-state index contributed by atoms with van der Waals surface area (Å²) < 4.78 is 31.6. The minimum atomic E-state index is -4.67. The zero-order chi connectivity index (χ0) is 4.50. The van der Waals surface area contributed by atoms with Crippen molar-refractivity contribution in [2.24, 2.45) is 0 Å². The van der Waals surface area contributed by atoms with Crippen molar-refractivity contribution in [3.63, 3.8) is 0 Å². The molecule has 7 heavy (non-hydrogen) atoms. The van der Waals surface area contributed by atoms with Crippen molar-refractivity contribution in [1.82, 2.24) is 0 Å². The molecule has 0 heterocycles. The fourth-order valence-corrected chi connectivity index (χ4v) is 0. The van der Waals surface area contributed by atoms with E-state index in [-0.39, 0.29) is 33.9 Å². The van der Waals surface area contributed by atoms with E-state index in [4.69, 9.17) is 17.5 Å². The van der Waals surface area contributed by atoms with Crippen LogP contribution in [-0.4, -0.2) is 34.9 Å². The van der Waals surface area contributed by atoms with Crippen molar-refractivity contribution in [2.75, 3.05) is 0 Å².